The summed E-state index contributed by atoms with van der Waals surface area (Å²) >= 11 is 0. The van der Waals surface area contributed by atoms with Crippen LogP contribution >= 0.6 is 0 Å². The van der Waals surface area contributed by atoms with Crippen molar-refractivity contribution in [3.05, 3.63) is 65.6 Å². The lowest BCUT2D eigenvalue weighted by atomic mass is 10.1. The van der Waals surface area contributed by atoms with E-state index in [9.17, 15) is 10.1 Å². The molecule has 0 radical (unpaired) electrons. The Balaban J connectivity index is 1.78. The van der Waals surface area contributed by atoms with E-state index in [2.05, 4.69) is 20.6 Å². The fourth-order valence-electron chi connectivity index (χ4n) is 2.71. The molecule has 0 fully saturated rings. The van der Waals surface area contributed by atoms with Crippen LogP contribution in [0.4, 0.5) is 11.4 Å². The van der Waals surface area contributed by atoms with Gasteiger partial charge in [-0.15, -0.1) is 0 Å². The SMILES string of the molecule is CCc1cccc(C)c1NC(=O)/C(C#N)=C\Nc1ccc2nc[nH]c2c1. The third-order valence-electron chi connectivity index (χ3n) is 4.15. The van der Waals surface area contributed by atoms with E-state index in [-0.39, 0.29) is 5.57 Å². The fourth-order valence-corrected chi connectivity index (χ4v) is 2.71. The molecule has 2 aromatic carbocycles. The van der Waals surface area contributed by atoms with Gasteiger partial charge in [-0.2, -0.15) is 5.26 Å². The number of amides is 1. The second kappa shape index (κ2) is 7.53. The molecule has 1 aromatic heterocycles. The molecule has 0 unspecified atom stereocenters. The summed E-state index contributed by atoms with van der Waals surface area (Å²) in [5, 5.41) is 15.2. The number of aromatic amines is 1. The first-order valence-electron chi connectivity index (χ1n) is 8.32. The maximum Gasteiger partial charge on any atom is 0.267 e. The summed E-state index contributed by atoms with van der Waals surface area (Å²) in [6, 6.07) is 13.4. The van der Waals surface area contributed by atoms with Crippen molar-refractivity contribution in [2.24, 2.45) is 0 Å². The summed E-state index contributed by atoms with van der Waals surface area (Å²) in [6.07, 6.45) is 3.83. The molecule has 0 saturated carbocycles. The van der Waals surface area contributed by atoms with Crippen molar-refractivity contribution < 1.29 is 4.79 Å². The van der Waals surface area contributed by atoms with Crippen LogP contribution in [-0.4, -0.2) is 15.9 Å². The first kappa shape index (κ1) is 17.2. The lowest BCUT2D eigenvalue weighted by Crippen LogP contribution is -2.16. The minimum Gasteiger partial charge on any atom is -0.360 e. The highest BCUT2D eigenvalue weighted by Crippen LogP contribution is 2.22. The Hall–Kier alpha value is -3.59. The summed E-state index contributed by atoms with van der Waals surface area (Å²) in [5.74, 6) is -0.438. The maximum absolute atomic E-state index is 12.5. The van der Waals surface area contributed by atoms with Crippen molar-refractivity contribution in [3.63, 3.8) is 0 Å². The van der Waals surface area contributed by atoms with Crippen LogP contribution in [0, 0.1) is 18.3 Å². The highest BCUT2D eigenvalue weighted by Gasteiger charge is 2.13. The van der Waals surface area contributed by atoms with Crippen LogP contribution in [0.3, 0.4) is 0 Å². The molecule has 6 heteroatoms. The van der Waals surface area contributed by atoms with Crippen molar-refractivity contribution >= 4 is 28.3 Å². The van der Waals surface area contributed by atoms with Crippen LogP contribution in [-0.2, 0) is 11.2 Å². The Morgan fingerprint density at radius 2 is 2.19 bits per heavy atom. The topological polar surface area (TPSA) is 93.6 Å². The van der Waals surface area contributed by atoms with Crippen molar-refractivity contribution in [1.29, 1.82) is 5.26 Å². The molecule has 26 heavy (non-hydrogen) atoms. The average Bonchev–Trinajstić information content (AvgIpc) is 3.11. The molecule has 3 rings (SSSR count). The minimum atomic E-state index is -0.438. The number of fused-ring (bicyclic) bond motifs is 1. The highest BCUT2D eigenvalue weighted by molar-refractivity contribution is 6.07. The summed E-state index contributed by atoms with van der Waals surface area (Å²) in [7, 11) is 0. The van der Waals surface area contributed by atoms with E-state index in [1.54, 1.807) is 6.33 Å². The quantitative estimate of drug-likeness (QED) is 0.483. The number of nitrogens with zero attached hydrogens (tertiary/aromatic N) is 2. The molecule has 3 N–H and O–H groups in total. The number of carbonyl (C=O) groups excluding carboxylic acids is 1. The molecular weight excluding hydrogens is 326 g/mol. The Kier molecular flexibility index (Phi) is 4.99. The number of hydrogen-bond acceptors (Lipinski definition) is 4. The number of nitrogens with one attached hydrogen (secondary N) is 3. The number of anilines is 2. The first-order chi connectivity index (χ1) is 12.6. The van der Waals surface area contributed by atoms with E-state index in [1.807, 2.05) is 56.3 Å². The van der Waals surface area contributed by atoms with E-state index in [0.717, 1.165) is 40.0 Å². The van der Waals surface area contributed by atoms with Gasteiger partial charge in [-0.3, -0.25) is 4.79 Å². The largest absolute Gasteiger partial charge is 0.360 e. The zero-order valence-corrected chi connectivity index (χ0v) is 14.6. The van der Waals surface area contributed by atoms with E-state index in [1.165, 1.54) is 6.20 Å². The number of benzene rings is 2. The van der Waals surface area contributed by atoms with Crippen LogP contribution in [0.25, 0.3) is 11.0 Å². The number of carbonyl (C=O) groups is 1. The van der Waals surface area contributed by atoms with Crippen LogP contribution in [0.1, 0.15) is 18.1 Å². The number of aryl methyl sites for hydroxylation is 2. The van der Waals surface area contributed by atoms with Crippen LogP contribution in [0.15, 0.2) is 54.5 Å². The third-order valence-corrected chi connectivity index (χ3v) is 4.15. The number of imidazole rings is 1. The normalized spacial score (nSPS) is 11.2. The monoisotopic (exact) mass is 345 g/mol. The van der Waals surface area contributed by atoms with Crippen LogP contribution < -0.4 is 10.6 Å². The Morgan fingerprint density at radius 1 is 1.35 bits per heavy atom. The standard InChI is InChI=1S/C20H19N5O/c1-3-14-6-4-5-13(2)19(14)25-20(26)15(10-21)11-22-16-7-8-17-18(9-16)24-12-23-17/h4-9,11-12,22H,3H2,1-2H3,(H,23,24)(H,25,26)/b15-11-. The Labute approximate surface area is 151 Å². The zero-order valence-electron chi connectivity index (χ0n) is 14.6. The van der Waals surface area contributed by atoms with E-state index in [0.29, 0.717) is 0 Å². The van der Waals surface area contributed by atoms with Crippen LogP contribution in [0.5, 0.6) is 0 Å². The molecule has 0 saturated heterocycles. The maximum atomic E-state index is 12.5. The smallest absolute Gasteiger partial charge is 0.267 e. The van der Waals surface area contributed by atoms with Gasteiger partial charge < -0.3 is 15.6 Å². The van der Waals surface area contributed by atoms with Crippen molar-refractivity contribution in [3.8, 4) is 6.07 Å². The number of H-pyrrole nitrogens is 1. The zero-order chi connectivity index (χ0) is 18.5. The number of para-hydroxylation sites is 1. The second-order valence-corrected chi connectivity index (χ2v) is 5.87. The van der Waals surface area contributed by atoms with Gasteiger partial charge in [0.2, 0.25) is 0 Å². The lowest BCUT2D eigenvalue weighted by molar-refractivity contribution is -0.112. The molecule has 1 heterocycles. The third kappa shape index (κ3) is 3.57. The molecule has 0 bridgehead atoms. The van der Waals surface area contributed by atoms with Gasteiger partial charge in [0.1, 0.15) is 11.6 Å². The Morgan fingerprint density at radius 3 is 2.96 bits per heavy atom. The molecule has 1 amide bonds. The molecule has 0 aliphatic rings. The molecule has 6 nitrogen and oxygen atoms in total. The van der Waals surface area contributed by atoms with E-state index in [4.69, 9.17) is 0 Å². The first-order valence-corrected chi connectivity index (χ1v) is 8.32. The van der Waals surface area contributed by atoms with Gasteiger partial charge >= 0.3 is 0 Å². The molecule has 3 aromatic rings. The highest BCUT2D eigenvalue weighted by atomic mass is 16.1. The predicted molar refractivity (Wildman–Crippen MR) is 103 cm³/mol. The summed E-state index contributed by atoms with van der Waals surface area (Å²) < 4.78 is 0. The van der Waals surface area contributed by atoms with Gasteiger partial charge in [0.05, 0.1) is 17.4 Å². The van der Waals surface area contributed by atoms with Crippen molar-refractivity contribution in [2.75, 3.05) is 10.6 Å². The van der Waals surface area contributed by atoms with Crippen LogP contribution in [0.2, 0.25) is 0 Å². The Bertz CT molecular complexity index is 1030. The van der Waals surface area contributed by atoms with E-state index >= 15 is 0 Å². The number of hydrogen-bond donors (Lipinski definition) is 3. The minimum absolute atomic E-state index is 0.0000128. The average molecular weight is 345 g/mol. The molecule has 0 aliphatic heterocycles. The van der Waals surface area contributed by atoms with Gasteiger partial charge in [-0.25, -0.2) is 4.98 Å². The second-order valence-electron chi connectivity index (χ2n) is 5.87. The van der Waals surface area contributed by atoms with Crippen molar-refractivity contribution in [1.82, 2.24) is 9.97 Å². The fraction of sp³-hybridized carbons (Fsp3) is 0.150. The molecular formula is C20H19N5O. The number of rotatable bonds is 5. The molecule has 130 valence electrons. The van der Waals surface area contributed by atoms with Gasteiger partial charge in [0.15, 0.2) is 0 Å². The van der Waals surface area contributed by atoms with E-state index < -0.39 is 5.91 Å². The number of nitriles is 1. The number of aromatic nitrogens is 2. The molecule has 0 aliphatic carbocycles. The van der Waals surface area contributed by atoms with Gasteiger partial charge in [0, 0.05) is 17.6 Å². The summed E-state index contributed by atoms with van der Waals surface area (Å²) in [6.45, 7) is 3.96. The van der Waals surface area contributed by atoms with Gasteiger partial charge in [-0.1, -0.05) is 25.1 Å². The molecule has 0 atom stereocenters. The summed E-state index contributed by atoms with van der Waals surface area (Å²) in [5.41, 5.74) is 5.25. The van der Waals surface area contributed by atoms with Gasteiger partial charge in [0.25, 0.3) is 5.91 Å². The molecule has 0 spiro atoms. The van der Waals surface area contributed by atoms with Crippen molar-refractivity contribution in [2.45, 2.75) is 20.3 Å². The summed E-state index contributed by atoms with van der Waals surface area (Å²) in [4.78, 5) is 19.7. The lowest BCUT2D eigenvalue weighted by Gasteiger charge is -2.12. The van der Waals surface area contributed by atoms with Gasteiger partial charge in [-0.05, 0) is 42.7 Å². The predicted octanol–water partition coefficient (Wildman–Crippen LogP) is 3.89.